The molecule has 34 heavy (non-hydrogen) atoms. The lowest BCUT2D eigenvalue weighted by Crippen LogP contribution is -2.81. The number of halogens is 6. The SMILES string of the molecule is CCOC(=O)C1C(c2ccc(C#N)cc2)C(C(=O)OCC)C(O)(C(F)(F)F)NC1(O)C(F)(F)F. The molecule has 14 heteroatoms. The number of esters is 2. The second kappa shape index (κ2) is 9.40. The lowest BCUT2D eigenvalue weighted by molar-refractivity contribution is -0.376. The van der Waals surface area contributed by atoms with E-state index in [0.29, 0.717) is 5.32 Å². The van der Waals surface area contributed by atoms with Gasteiger partial charge in [-0.05, 0) is 31.5 Å². The number of nitrogens with zero attached hydrogens (tertiary/aromatic N) is 1. The molecule has 0 radical (unpaired) electrons. The maximum absolute atomic E-state index is 14.0. The maximum atomic E-state index is 14.0. The summed E-state index contributed by atoms with van der Waals surface area (Å²) in [5, 5.41) is 30.7. The molecule has 1 aromatic rings. The molecule has 1 saturated heterocycles. The largest absolute Gasteiger partial charge is 0.466 e. The summed E-state index contributed by atoms with van der Waals surface area (Å²) in [6.07, 6.45) is -11.9. The zero-order chi connectivity index (χ0) is 26.1. The van der Waals surface area contributed by atoms with E-state index >= 15 is 0 Å². The van der Waals surface area contributed by atoms with E-state index < -0.39 is 72.3 Å². The van der Waals surface area contributed by atoms with Gasteiger partial charge in [-0.3, -0.25) is 9.59 Å². The van der Waals surface area contributed by atoms with Crippen LogP contribution in [0.3, 0.4) is 0 Å². The summed E-state index contributed by atoms with van der Waals surface area (Å²) in [5.41, 5.74) is -9.92. The number of alkyl halides is 6. The number of hydrogen-bond acceptors (Lipinski definition) is 8. The third kappa shape index (κ3) is 4.55. The first-order valence-corrected chi connectivity index (χ1v) is 9.79. The minimum atomic E-state index is -5.96. The first-order chi connectivity index (χ1) is 15.6. The molecule has 0 amide bonds. The van der Waals surface area contributed by atoms with Gasteiger partial charge in [-0.15, -0.1) is 0 Å². The van der Waals surface area contributed by atoms with Crippen molar-refractivity contribution in [3.63, 3.8) is 0 Å². The molecule has 8 nitrogen and oxygen atoms in total. The van der Waals surface area contributed by atoms with Gasteiger partial charge in [-0.25, -0.2) is 5.32 Å². The second-order valence-corrected chi connectivity index (χ2v) is 7.37. The van der Waals surface area contributed by atoms with Crippen molar-refractivity contribution in [2.45, 2.75) is 43.6 Å². The summed E-state index contributed by atoms with van der Waals surface area (Å²) in [6, 6.07) is 5.53. The molecular weight excluding hydrogens is 478 g/mol. The van der Waals surface area contributed by atoms with Crippen LogP contribution in [0, 0.1) is 23.2 Å². The summed E-state index contributed by atoms with van der Waals surface area (Å²) in [7, 11) is 0. The van der Waals surface area contributed by atoms with Crippen molar-refractivity contribution in [1.82, 2.24) is 5.32 Å². The van der Waals surface area contributed by atoms with Crippen LogP contribution in [0.25, 0.3) is 0 Å². The highest BCUT2D eigenvalue weighted by atomic mass is 19.4. The summed E-state index contributed by atoms with van der Waals surface area (Å²) in [6.45, 7) is 1.37. The summed E-state index contributed by atoms with van der Waals surface area (Å²) in [5.74, 6) is -11.8. The smallest absolute Gasteiger partial charge is 0.432 e. The molecule has 0 saturated carbocycles. The van der Waals surface area contributed by atoms with Crippen LogP contribution < -0.4 is 5.32 Å². The molecule has 1 fully saturated rings. The number of carbonyl (C=O) groups is 2. The van der Waals surface area contributed by atoms with Gasteiger partial charge in [0.1, 0.15) is 11.8 Å². The van der Waals surface area contributed by atoms with Crippen molar-refractivity contribution in [1.29, 1.82) is 5.26 Å². The van der Waals surface area contributed by atoms with Crippen LogP contribution in [-0.2, 0) is 19.1 Å². The Kier molecular flexibility index (Phi) is 7.56. The summed E-state index contributed by atoms with van der Waals surface area (Å²) in [4.78, 5) is 25.3. The molecular formula is C20H20F6N2O6. The highest BCUT2D eigenvalue weighted by molar-refractivity contribution is 5.81. The third-order valence-corrected chi connectivity index (χ3v) is 5.37. The van der Waals surface area contributed by atoms with Crippen LogP contribution >= 0.6 is 0 Å². The predicted molar refractivity (Wildman–Crippen MR) is 99.3 cm³/mol. The van der Waals surface area contributed by atoms with E-state index in [-0.39, 0.29) is 5.56 Å². The molecule has 0 spiro atoms. The van der Waals surface area contributed by atoms with E-state index in [1.807, 2.05) is 0 Å². The lowest BCUT2D eigenvalue weighted by atomic mass is 9.64. The van der Waals surface area contributed by atoms with E-state index in [1.54, 1.807) is 6.07 Å². The van der Waals surface area contributed by atoms with E-state index in [9.17, 15) is 46.1 Å². The average molecular weight is 498 g/mol. The van der Waals surface area contributed by atoms with Gasteiger partial charge in [0.05, 0.1) is 24.8 Å². The van der Waals surface area contributed by atoms with E-state index in [0.717, 1.165) is 24.3 Å². The molecule has 3 N–H and O–H groups in total. The molecule has 4 atom stereocenters. The Balaban J connectivity index is 2.97. The van der Waals surface area contributed by atoms with Gasteiger partial charge in [0.25, 0.3) is 0 Å². The van der Waals surface area contributed by atoms with E-state index in [1.165, 1.54) is 13.8 Å². The minimum absolute atomic E-state index is 0.0461. The number of nitriles is 1. The van der Waals surface area contributed by atoms with Gasteiger partial charge < -0.3 is 19.7 Å². The zero-order valence-electron chi connectivity index (χ0n) is 17.7. The van der Waals surface area contributed by atoms with Gasteiger partial charge >= 0.3 is 24.3 Å². The predicted octanol–water partition coefficient (Wildman–Crippen LogP) is 2.11. The molecule has 0 bridgehead atoms. The number of ether oxygens (including phenoxy) is 2. The van der Waals surface area contributed by atoms with Crippen LogP contribution in [-0.4, -0.2) is 59.2 Å². The molecule has 0 aliphatic carbocycles. The standard InChI is InChI=1S/C20H20F6N2O6/c1-3-33-15(29)13-12(11-7-5-10(9-27)6-8-11)14(16(30)34-4-2)18(32,20(24,25)26)28-17(13,31)19(21,22)23/h5-8,12-14,28,31-32H,3-4H2,1-2H3. The van der Waals surface area contributed by atoms with E-state index in [4.69, 9.17) is 5.26 Å². The summed E-state index contributed by atoms with van der Waals surface area (Å²) >= 11 is 0. The number of carbonyl (C=O) groups excluding carboxylic acids is 2. The van der Waals surface area contributed by atoms with Crippen LogP contribution in [0.5, 0.6) is 0 Å². The molecule has 1 aliphatic heterocycles. The van der Waals surface area contributed by atoms with Crippen LogP contribution in [0.15, 0.2) is 24.3 Å². The van der Waals surface area contributed by atoms with E-state index in [2.05, 4.69) is 9.47 Å². The topological polar surface area (TPSA) is 129 Å². The number of aliphatic hydroxyl groups is 2. The number of benzene rings is 1. The molecule has 4 unspecified atom stereocenters. The highest BCUT2D eigenvalue weighted by Gasteiger charge is 2.78. The molecule has 1 heterocycles. The first-order valence-electron chi connectivity index (χ1n) is 9.79. The van der Waals surface area contributed by atoms with Crippen molar-refractivity contribution in [2.75, 3.05) is 13.2 Å². The average Bonchev–Trinajstić information content (AvgIpc) is 2.72. The van der Waals surface area contributed by atoms with Crippen LogP contribution in [0.4, 0.5) is 26.3 Å². The van der Waals surface area contributed by atoms with Crippen molar-refractivity contribution >= 4 is 11.9 Å². The Morgan fingerprint density at radius 1 is 0.941 bits per heavy atom. The Hall–Kier alpha value is -2.89. The van der Waals surface area contributed by atoms with Crippen molar-refractivity contribution in [3.05, 3.63) is 35.4 Å². The second-order valence-electron chi connectivity index (χ2n) is 7.37. The highest BCUT2D eigenvalue weighted by Crippen LogP contribution is 2.55. The fraction of sp³-hybridized carbons (Fsp3) is 0.550. The number of piperidine rings is 1. The third-order valence-electron chi connectivity index (χ3n) is 5.37. The van der Waals surface area contributed by atoms with Gasteiger partial charge in [0.15, 0.2) is 0 Å². The Labute approximate surface area is 189 Å². The zero-order valence-corrected chi connectivity index (χ0v) is 17.7. The molecule has 188 valence electrons. The normalized spacial score (nSPS) is 29.7. The first kappa shape index (κ1) is 27.4. The van der Waals surface area contributed by atoms with Crippen molar-refractivity contribution < 1.29 is 55.6 Å². The molecule has 0 aromatic heterocycles. The van der Waals surface area contributed by atoms with Crippen molar-refractivity contribution in [3.8, 4) is 6.07 Å². The Morgan fingerprint density at radius 3 is 1.62 bits per heavy atom. The fourth-order valence-electron chi connectivity index (χ4n) is 3.92. The molecule has 2 rings (SSSR count). The summed E-state index contributed by atoms with van der Waals surface area (Å²) < 4.78 is 93.4. The number of hydrogen-bond donors (Lipinski definition) is 3. The van der Waals surface area contributed by atoms with Crippen LogP contribution in [0.1, 0.15) is 30.9 Å². The van der Waals surface area contributed by atoms with Crippen LogP contribution in [0.2, 0.25) is 0 Å². The lowest BCUT2D eigenvalue weighted by Gasteiger charge is -2.54. The quantitative estimate of drug-likeness (QED) is 0.416. The van der Waals surface area contributed by atoms with Gasteiger partial charge in [0, 0.05) is 5.92 Å². The van der Waals surface area contributed by atoms with Gasteiger partial charge in [-0.1, -0.05) is 12.1 Å². The monoisotopic (exact) mass is 498 g/mol. The molecule has 1 aromatic carbocycles. The molecule has 1 aliphatic rings. The van der Waals surface area contributed by atoms with Crippen molar-refractivity contribution in [2.24, 2.45) is 11.8 Å². The Morgan fingerprint density at radius 2 is 1.32 bits per heavy atom. The minimum Gasteiger partial charge on any atom is -0.466 e. The van der Waals surface area contributed by atoms with Gasteiger partial charge in [0.2, 0.25) is 11.4 Å². The number of nitrogens with one attached hydrogen (secondary N) is 1. The Bertz CT molecular complexity index is 912. The number of rotatable bonds is 5. The fourth-order valence-corrected chi connectivity index (χ4v) is 3.92. The maximum Gasteiger partial charge on any atom is 0.432 e. The van der Waals surface area contributed by atoms with Gasteiger partial charge in [-0.2, -0.15) is 31.6 Å².